The predicted molar refractivity (Wildman–Crippen MR) is 68.8 cm³/mol. The molecule has 1 fully saturated rings. The van der Waals surface area contributed by atoms with Gasteiger partial charge in [0, 0.05) is 23.7 Å². The van der Waals surface area contributed by atoms with Crippen molar-refractivity contribution in [1.82, 2.24) is 15.3 Å². The van der Waals surface area contributed by atoms with Crippen LogP contribution in [-0.2, 0) is 0 Å². The Hall–Kier alpha value is -0.480. The molecule has 1 saturated carbocycles. The van der Waals surface area contributed by atoms with E-state index in [4.69, 9.17) is 0 Å². The van der Waals surface area contributed by atoms with Crippen LogP contribution in [0.4, 0.5) is 0 Å². The van der Waals surface area contributed by atoms with E-state index in [0.29, 0.717) is 11.3 Å². The van der Waals surface area contributed by atoms with Gasteiger partial charge in [0.05, 0.1) is 0 Å². The molecule has 2 N–H and O–H groups in total. The monoisotopic (exact) mass is 239 g/mol. The molecule has 1 aliphatic carbocycles. The molecule has 90 valence electrons. The van der Waals surface area contributed by atoms with Gasteiger partial charge in [-0.15, -0.1) is 0 Å². The molecular weight excluding hydrogens is 218 g/mol. The van der Waals surface area contributed by atoms with Gasteiger partial charge in [-0.3, -0.25) is 0 Å². The van der Waals surface area contributed by atoms with Crippen LogP contribution in [0.15, 0.2) is 17.6 Å². The Bertz CT molecular complexity index is 286. The van der Waals surface area contributed by atoms with E-state index in [1.165, 1.54) is 38.5 Å². The number of hydrogen-bond donors (Lipinski definition) is 2. The molecule has 3 nitrogen and oxygen atoms in total. The van der Waals surface area contributed by atoms with E-state index in [0.717, 1.165) is 5.16 Å². The zero-order chi connectivity index (χ0) is 11.2. The summed E-state index contributed by atoms with van der Waals surface area (Å²) in [6.45, 7) is 0. The molecule has 0 aliphatic heterocycles. The summed E-state index contributed by atoms with van der Waals surface area (Å²) in [5.41, 5.74) is 0. The maximum absolute atomic E-state index is 4.31. The highest BCUT2D eigenvalue weighted by Gasteiger charge is 2.22. The van der Waals surface area contributed by atoms with Crippen LogP contribution >= 0.6 is 11.8 Å². The van der Waals surface area contributed by atoms with Crippen molar-refractivity contribution in [3.05, 3.63) is 12.4 Å². The number of rotatable bonds is 3. The second-order valence-corrected chi connectivity index (χ2v) is 5.67. The van der Waals surface area contributed by atoms with E-state index in [9.17, 15) is 0 Å². The van der Waals surface area contributed by atoms with Crippen molar-refractivity contribution >= 4 is 11.8 Å². The third-order valence-electron chi connectivity index (χ3n) is 3.31. The van der Waals surface area contributed by atoms with E-state index in [1.54, 1.807) is 0 Å². The Labute approximate surface area is 102 Å². The Balaban J connectivity index is 1.96. The second-order valence-electron chi connectivity index (χ2n) is 4.44. The summed E-state index contributed by atoms with van der Waals surface area (Å²) >= 11 is 1.90. The lowest BCUT2D eigenvalue weighted by Crippen LogP contribution is -2.36. The Morgan fingerprint density at radius 2 is 2.12 bits per heavy atom. The van der Waals surface area contributed by atoms with E-state index < -0.39 is 0 Å². The van der Waals surface area contributed by atoms with Crippen LogP contribution in [0.3, 0.4) is 0 Å². The number of nitrogens with zero attached hydrogens (tertiary/aromatic N) is 1. The fraction of sp³-hybridized carbons (Fsp3) is 0.750. The molecule has 2 atom stereocenters. The first-order chi connectivity index (χ1) is 7.90. The standard InChI is InChI=1S/C12H21N3S/c1-13-10-6-4-2-3-5-7-11(10)16-12-14-8-9-15-12/h8-11,13H,2-7H2,1H3,(H,14,15). The van der Waals surface area contributed by atoms with Crippen molar-refractivity contribution in [3.63, 3.8) is 0 Å². The van der Waals surface area contributed by atoms with Gasteiger partial charge < -0.3 is 10.3 Å². The predicted octanol–water partition coefficient (Wildman–Crippen LogP) is 2.81. The highest BCUT2D eigenvalue weighted by Crippen LogP contribution is 2.30. The first-order valence-electron chi connectivity index (χ1n) is 6.23. The van der Waals surface area contributed by atoms with Gasteiger partial charge in [0.2, 0.25) is 0 Å². The van der Waals surface area contributed by atoms with Gasteiger partial charge in [-0.25, -0.2) is 4.98 Å². The smallest absolute Gasteiger partial charge is 0.165 e. The maximum atomic E-state index is 4.31. The van der Waals surface area contributed by atoms with Gasteiger partial charge >= 0.3 is 0 Å². The Morgan fingerprint density at radius 3 is 2.81 bits per heavy atom. The third-order valence-corrected chi connectivity index (χ3v) is 4.62. The molecule has 0 aromatic carbocycles. The van der Waals surface area contributed by atoms with Crippen LogP contribution in [0.1, 0.15) is 38.5 Å². The molecule has 16 heavy (non-hydrogen) atoms. The van der Waals surface area contributed by atoms with Crippen LogP contribution in [-0.4, -0.2) is 28.3 Å². The van der Waals surface area contributed by atoms with Crippen molar-refractivity contribution in [1.29, 1.82) is 0 Å². The van der Waals surface area contributed by atoms with Gasteiger partial charge in [-0.2, -0.15) is 0 Å². The van der Waals surface area contributed by atoms with E-state index >= 15 is 0 Å². The lowest BCUT2D eigenvalue weighted by molar-refractivity contribution is 0.420. The largest absolute Gasteiger partial charge is 0.340 e. The molecule has 2 unspecified atom stereocenters. The number of aromatic amines is 1. The average molecular weight is 239 g/mol. The zero-order valence-corrected chi connectivity index (χ0v) is 10.7. The molecule has 1 heterocycles. The molecule has 4 heteroatoms. The van der Waals surface area contributed by atoms with Gasteiger partial charge in [-0.1, -0.05) is 37.4 Å². The first-order valence-corrected chi connectivity index (χ1v) is 7.11. The molecule has 1 aromatic rings. The molecular formula is C12H21N3S. The molecule has 0 amide bonds. The minimum atomic E-state index is 0.635. The van der Waals surface area contributed by atoms with Crippen molar-refractivity contribution in [2.24, 2.45) is 0 Å². The van der Waals surface area contributed by atoms with Crippen molar-refractivity contribution < 1.29 is 0 Å². The summed E-state index contributed by atoms with van der Waals surface area (Å²) in [6, 6.07) is 0.635. The van der Waals surface area contributed by atoms with E-state index in [2.05, 4.69) is 22.3 Å². The number of hydrogen-bond acceptors (Lipinski definition) is 3. The van der Waals surface area contributed by atoms with Gasteiger partial charge in [0.25, 0.3) is 0 Å². The second kappa shape index (κ2) is 6.30. The lowest BCUT2D eigenvalue weighted by Gasteiger charge is -2.27. The van der Waals surface area contributed by atoms with Crippen molar-refractivity contribution in [2.75, 3.05) is 7.05 Å². The molecule has 0 radical (unpaired) electrons. The molecule has 0 bridgehead atoms. The number of H-pyrrole nitrogens is 1. The topological polar surface area (TPSA) is 40.7 Å². The lowest BCUT2D eigenvalue weighted by atomic mass is 9.96. The average Bonchev–Trinajstić information content (AvgIpc) is 2.75. The molecule has 0 saturated heterocycles. The Morgan fingerprint density at radius 1 is 1.31 bits per heavy atom. The molecule has 2 rings (SSSR count). The van der Waals surface area contributed by atoms with Gasteiger partial charge in [0.15, 0.2) is 5.16 Å². The maximum Gasteiger partial charge on any atom is 0.165 e. The normalized spacial score (nSPS) is 27.3. The number of thioether (sulfide) groups is 1. The van der Waals surface area contributed by atoms with Gasteiger partial charge in [0.1, 0.15) is 0 Å². The molecule has 1 aromatic heterocycles. The summed E-state index contributed by atoms with van der Waals surface area (Å²) in [7, 11) is 2.09. The Kier molecular flexibility index (Phi) is 4.72. The first kappa shape index (κ1) is 12.0. The fourth-order valence-electron chi connectivity index (χ4n) is 2.38. The molecule has 0 spiro atoms. The van der Waals surface area contributed by atoms with Crippen LogP contribution in [0.2, 0.25) is 0 Å². The van der Waals surface area contributed by atoms with Crippen molar-refractivity contribution in [2.45, 2.75) is 55.0 Å². The highest BCUT2D eigenvalue weighted by atomic mass is 32.2. The van der Waals surface area contributed by atoms with Crippen LogP contribution < -0.4 is 5.32 Å². The summed E-state index contributed by atoms with van der Waals surface area (Å²) < 4.78 is 0. The van der Waals surface area contributed by atoms with Gasteiger partial charge in [-0.05, 0) is 19.9 Å². The van der Waals surface area contributed by atoms with Crippen LogP contribution in [0, 0.1) is 0 Å². The van der Waals surface area contributed by atoms with Crippen LogP contribution in [0.25, 0.3) is 0 Å². The summed E-state index contributed by atoms with van der Waals surface area (Å²) in [4.78, 5) is 7.50. The zero-order valence-electron chi connectivity index (χ0n) is 9.91. The SMILES string of the molecule is CNC1CCCCCCC1Sc1ncc[nH]1. The van der Waals surface area contributed by atoms with Crippen molar-refractivity contribution in [3.8, 4) is 0 Å². The number of aromatic nitrogens is 2. The summed E-state index contributed by atoms with van der Waals surface area (Å²) in [5, 5.41) is 5.20. The number of nitrogens with one attached hydrogen (secondary N) is 2. The quantitative estimate of drug-likeness (QED) is 0.852. The summed E-state index contributed by atoms with van der Waals surface area (Å²) in [6.07, 6.45) is 11.9. The minimum Gasteiger partial charge on any atom is -0.340 e. The minimum absolute atomic E-state index is 0.635. The van der Waals surface area contributed by atoms with Crippen LogP contribution in [0.5, 0.6) is 0 Å². The van der Waals surface area contributed by atoms with E-state index in [1.807, 2.05) is 24.2 Å². The summed E-state index contributed by atoms with van der Waals surface area (Å²) in [5.74, 6) is 0. The fourth-order valence-corrected chi connectivity index (χ4v) is 3.65. The van der Waals surface area contributed by atoms with E-state index in [-0.39, 0.29) is 0 Å². The third kappa shape index (κ3) is 3.25. The molecule has 1 aliphatic rings. The highest BCUT2D eigenvalue weighted by molar-refractivity contribution is 7.99. The number of imidazole rings is 1.